The predicted molar refractivity (Wildman–Crippen MR) is 163 cm³/mol. The number of hydrogen-bond acceptors (Lipinski definition) is 8. The average Bonchev–Trinajstić information content (AvgIpc) is 3.01. The molecular weight excluding hydrogens is 562 g/mol. The summed E-state index contributed by atoms with van der Waals surface area (Å²) in [6.45, 7) is 8.97. The van der Waals surface area contributed by atoms with E-state index in [0.717, 1.165) is 41.4 Å². The molecule has 4 atom stereocenters. The molecule has 1 aliphatic carbocycles. The molecule has 0 radical (unpaired) electrons. The zero-order chi connectivity index (χ0) is 30.8. The van der Waals surface area contributed by atoms with E-state index in [1.807, 2.05) is 49.4 Å². The Labute approximate surface area is 257 Å². The first-order valence-corrected chi connectivity index (χ1v) is 15.5. The van der Waals surface area contributed by atoms with E-state index in [2.05, 4.69) is 22.6 Å². The standard InChI is InChI=1S/C33H41N5O6/c1-20-26-12-11-24-10-9-23(16-28(24)36-26)13-14-33(17-42-19-43-18-33)22(3)44-29(25-6-4-7-25)31(40)35-21(2)32(41)38-15-5-8-27(37-38)30(39)34-20/h9-14,16,20-21,25,27,29,37H,3-8,15,17-19H2,1-2H3,(H,34,39)(H,35,40)/b14-13+/t20-,21+,27+,29+/m1/s1. The number of nitrogens with one attached hydrogen (secondary N) is 3. The maximum absolute atomic E-state index is 13.7. The Kier molecular flexibility index (Phi) is 8.70. The van der Waals surface area contributed by atoms with E-state index in [9.17, 15) is 14.4 Å². The number of ether oxygens (including phenoxy) is 3. The second-order valence-corrected chi connectivity index (χ2v) is 12.4. The molecule has 4 heterocycles. The maximum atomic E-state index is 13.7. The molecule has 1 aromatic carbocycles. The van der Waals surface area contributed by atoms with Crippen LogP contribution in [-0.2, 0) is 28.6 Å². The van der Waals surface area contributed by atoms with Crippen molar-refractivity contribution < 1.29 is 28.6 Å². The lowest BCUT2D eigenvalue weighted by molar-refractivity contribution is -0.160. The quantitative estimate of drug-likeness (QED) is 0.453. The van der Waals surface area contributed by atoms with Crippen LogP contribution in [0.1, 0.15) is 63.3 Å². The molecule has 2 aromatic rings. The van der Waals surface area contributed by atoms with Crippen molar-refractivity contribution in [2.45, 2.75) is 70.2 Å². The highest BCUT2D eigenvalue weighted by Crippen LogP contribution is 2.38. The Morgan fingerprint density at radius 2 is 1.70 bits per heavy atom. The van der Waals surface area contributed by atoms with Crippen molar-refractivity contribution in [2.24, 2.45) is 11.3 Å². The van der Waals surface area contributed by atoms with Crippen LogP contribution >= 0.6 is 0 Å². The Bertz CT molecular complexity index is 1470. The number of pyridine rings is 1. The van der Waals surface area contributed by atoms with Crippen molar-refractivity contribution in [3.63, 3.8) is 0 Å². The molecule has 11 heteroatoms. The summed E-state index contributed by atoms with van der Waals surface area (Å²) < 4.78 is 17.8. The van der Waals surface area contributed by atoms with Gasteiger partial charge >= 0.3 is 0 Å². The van der Waals surface area contributed by atoms with Crippen LogP contribution in [-0.4, -0.2) is 72.5 Å². The minimum atomic E-state index is -0.832. The largest absolute Gasteiger partial charge is 0.484 e. The summed E-state index contributed by atoms with van der Waals surface area (Å²) in [5.74, 6) is -0.511. The third-order valence-corrected chi connectivity index (χ3v) is 9.18. The van der Waals surface area contributed by atoms with E-state index >= 15 is 0 Å². The zero-order valence-electron chi connectivity index (χ0n) is 25.3. The van der Waals surface area contributed by atoms with Gasteiger partial charge in [-0.2, -0.15) is 0 Å². The Morgan fingerprint density at radius 3 is 2.45 bits per heavy atom. The SMILES string of the molecule is C=C1O[C@@H](C2CCC2)C(=O)N[C@@H](C)C(=O)N2CCC[C@H](N2)C(=O)N[C@H](C)c2ccc3ccc(cc3n2)/C=C/C12COCOC2. The van der Waals surface area contributed by atoms with Crippen LogP contribution in [0.15, 0.2) is 48.7 Å². The minimum Gasteiger partial charge on any atom is -0.484 e. The molecule has 3 N–H and O–H groups in total. The topological polar surface area (TPSA) is 131 Å². The summed E-state index contributed by atoms with van der Waals surface area (Å²) in [5.41, 5.74) is 4.69. The fourth-order valence-corrected chi connectivity index (χ4v) is 6.14. The minimum absolute atomic E-state index is 0.00560. The van der Waals surface area contributed by atoms with Crippen LogP contribution in [0.25, 0.3) is 17.0 Å². The Hall–Kier alpha value is -3.80. The molecular formula is C33H41N5O6. The second kappa shape index (κ2) is 12.7. The van der Waals surface area contributed by atoms with Gasteiger partial charge in [0, 0.05) is 17.8 Å². The first kappa shape index (κ1) is 30.2. The zero-order valence-corrected chi connectivity index (χ0v) is 25.3. The number of nitrogens with zero attached hydrogens (tertiary/aromatic N) is 2. The third kappa shape index (κ3) is 6.22. The molecule has 0 unspecified atom stereocenters. The van der Waals surface area contributed by atoms with Crippen LogP contribution in [0.4, 0.5) is 0 Å². The lowest BCUT2D eigenvalue weighted by atomic mass is 9.80. The first-order chi connectivity index (χ1) is 21.2. The molecule has 1 saturated carbocycles. The van der Waals surface area contributed by atoms with Gasteiger partial charge in [-0.1, -0.05) is 43.4 Å². The molecule has 3 amide bonds. The summed E-state index contributed by atoms with van der Waals surface area (Å²) >= 11 is 0. The van der Waals surface area contributed by atoms with Gasteiger partial charge in [0.05, 0.1) is 35.9 Å². The van der Waals surface area contributed by atoms with Crippen LogP contribution in [0.2, 0.25) is 0 Å². The van der Waals surface area contributed by atoms with Crippen molar-refractivity contribution >= 4 is 34.7 Å². The van der Waals surface area contributed by atoms with Crippen molar-refractivity contribution in [1.29, 1.82) is 0 Å². The molecule has 3 fully saturated rings. The molecule has 11 nitrogen and oxygen atoms in total. The van der Waals surface area contributed by atoms with E-state index < -0.39 is 23.6 Å². The number of rotatable bonds is 1. The van der Waals surface area contributed by atoms with Gasteiger partial charge in [0.25, 0.3) is 11.8 Å². The van der Waals surface area contributed by atoms with Crippen LogP contribution in [0.5, 0.6) is 0 Å². The fourth-order valence-electron chi connectivity index (χ4n) is 6.14. The van der Waals surface area contributed by atoms with Gasteiger partial charge < -0.3 is 24.8 Å². The summed E-state index contributed by atoms with van der Waals surface area (Å²) in [6.07, 6.45) is 7.05. The predicted octanol–water partition coefficient (Wildman–Crippen LogP) is 3.13. The molecule has 3 aliphatic heterocycles. The number of fused-ring (bicyclic) bond motifs is 4. The summed E-state index contributed by atoms with van der Waals surface area (Å²) in [7, 11) is 0. The van der Waals surface area contributed by atoms with E-state index in [1.54, 1.807) is 6.92 Å². The Balaban J connectivity index is 1.36. The van der Waals surface area contributed by atoms with Gasteiger partial charge in [-0.25, -0.2) is 5.43 Å². The molecule has 5 bridgehead atoms. The van der Waals surface area contributed by atoms with Crippen LogP contribution < -0.4 is 16.1 Å². The molecule has 1 aromatic heterocycles. The summed E-state index contributed by atoms with van der Waals surface area (Å²) in [6, 6.07) is 8.14. The van der Waals surface area contributed by atoms with E-state index in [0.29, 0.717) is 25.1 Å². The number of amides is 3. The van der Waals surface area contributed by atoms with Crippen LogP contribution in [0, 0.1) is 11.3 Å². The molecule has 234 valence electrons. The van der Waals surface area contributed by atoms with Gasteiger partial charge in [0.1, 0.15) is 24.6 Å². The monoisotopic (exact) mass is 603 g/mol. The van der Waals surface area contributed by atoms with Gasteiger partial charge in [0.15, 0.2) is 6.10 Å². The number of hydrogen-bond donors (Lipinski definition) is 3. The van der Waals surface area contributed by atoms with Gasteiger partial charge in [-0.3, -0.25) is 24.4 Å². The van der Waals surface area contributed by atoms with E-state index in [4.69, 9.17) is 19.2 Å². The van der Waals surface area contributed by atoms with Gasteiger partial charge in [-0.15, -0.1) is 0 Å². The maximum Gasteiger partial charge on any atom is 0.261 e. The molecule has 6 rings (SSSR count). The van der Waals surface area contributed by atoms with Crippen molar-refractivity contribution in [3.8, 4) is 0 Å². The number of hydrazine groups is 1. The number of benzene rings is 1. The third-order valence-electron chi connectivity index (χ3n) is 9.18. The molecule has 4 aliphatic rings. The lowest BCUT2D eigenvalue weighted by Gasteiger charge is -2.40. The van der Waals surface area contributed by atoms with E-state index in [-0.39, 0.29) is 49.7 Å². The Morgan fingerprint density at radius 1 is 0.955 bits per heavy atom. The highest BCUT2D eigenvalue weighted by molar-refractivity contribution is 5.90. The number of aromatic nitrogens is 1. The number of carbonyl (C=O) groups excluding carboxylic acids is 3. The lowest BCUT2D eigenvalue weighted by Crippen LogP contribution is -2.61. The average molecular weight is 604 g/mol. The van der Waals surface area contributed by atoms with Gasteiger partial charge in [-0.05, 0) is 57.2 Å². The summed E-state index contributed by atoms with van der Waals surface area (Å²) in [4.78, 5) is 45.2. The first-order valence-electron chi connectivity index (χ1n) is 15.5. The van der Waals surface area contributed by atoms with Crippen molar-refractivity contribution in [3.05, 3.63) is 60.0 Å². The van der Waals surface area contributed by atoms with Crippen molar-refractivity contribution in [1.82, 2.24) is 26.1 Å². The van der Waals surface area contributed by atoms with E-state index in [1.165, 1.54) is 5.01 Å². The highest BCUT2D eigenvalue weighted by atomic mass is 16.7. The highest BCUT2D eigenvalue weighted by Gasteiger charge is 2.42. The van der Waals surface area contributed by atoms with Crippen LogP contribution in [0.3, 0.4) is 0 Å². The van der Waals surface area contributed by atoms with Gasteiger partial charge in [0.2, 0.25) is 5.91 Å². The molecule has 2 saturated heterocycles. The fraction of sp³-hybridized carbons (Fsp3) is 0.515. The number of carbonyl (C=O) groups is 3. The molecule has 1 spiro atoms. The normalized spacial score (nSPS) is 29.5. The van der Waals surface area contributed by atoms with Crippen molar-refractivity contribution in [2.75, 3.05) is 26.6 Å². The second-order valence-electron chi connectivity index (χ2n) is 12.4. The smallest absolute Gasteiger partial charge is 0.261 e. The molecule has 44 heavy (non-hydrogen) atoms. The summed E-state index contributed by atoms with van der Waals surface area (Å²) in [5, 5.41) is 8.34.